The van der Waals surface area contributed by atoms with Crippen molar-refractivity contribution in [3.05, 3.63) is 24.3 Å². The van der Waals surface area contributed by atoms with Gasteiger partial charge in [-0.05, 0) is 18.2 Å². The summed E-state index contributed by atoms with van der Waals surface area (Å²) in [5.41, 5.74) is 6.46. The van der Waals surface area contributed by atoms with Crippen LogP contribution >= 0.6 is 11.8 Å². The lowest BCUT2D eigenvalue weighted by Gasteiger charge is -1.98. The Labute approximate surface area is 90.4 Å². The third kappa shape index (κ3) is 1.45. The monoisotopic (exact) mass is 220 g/mol. The molecule has 3 rings (SSSR count). The van der Waals surface area contributed by atoms with Gasteiger partial charge in [0.15, 0.2) is 11.6 Å². The topological polar surface area (TPSA) is 61.3 Å². The Bertz CT molecular complexity index is 510. The molecule has 0 radical (unpaired) electrons. The largest absolute Gasteiger partial charge is 0.481 e. The summed E-state index contributed by atoms with van der Waals surface area (Å²) in [7, 11) is 0. The van der Waals surface area contributed by atoms with Crippen molar-refractivity contribution in [3.8, 4) is 17.1 Å². The van der Waals surface area contributed by atoms with Crippen LogP contribution in [0.3, 0.4) is 0 Å². The number of thioether (sulfide) groups is 1. The van der Waals surface area contributed by atoms with Crippen LogP contribution in [-0.2, 0) is 0 Å². The van der Waals surface area contributed by atoms with E-state index in [0.29, 0.717) is 17.5 Å². The number of nitrogens with zero attached hydrogens (tertiary/aromatic N) is 1. The van der Waals surface area contributed by atoms with Crippen molar-refractivity contribution in [2.24, 2.45) is 0 Å². The van der Waals surface area contributed by atoms with Crippen LogP contribution in [0.5, 0.6) is 5.75 Å². The molecular weight excluding hydrogens is 212 g/mol. The second kappa shape index (κ2) is 3.20. The minimum absolute atomic E-state index is 0.398. The fourth-order valence-corrected chi connectivity index (χ4v) is 2.27. The van der Waals surface area contributed by atoms with Crippen LogP contribution in [0.1, 0.15) is 0 Å². The number of hydrogen-bond acceptors (Lipinski definition) is 5. The van der Waals surface area contributed by atoms with Crippen LogP contribution in [-0.4, -0.2) is 11.1 Å². The number of nitrogens with two attached hydrogens (primary N) is 1. The zero-order valence-electron chi connectivity index (χ0n) is 7.77. The van der Waals surface area contributed by atoms with Crippen molar-refractivity contribution in [2.75, 3.05) is 11.7 Å². The van der Waals surface area contributed by atoms with Crippen molar-refractivity contribution >= 4 is 17.6 Å². The normalized spacial score (nSPS) is 13.6. The van der Waals surface area contributed by atoms with Crippen LogP contribution in [0, 0.1) is 0 Å². The molecule has 0 spiro atoms. The predicted octanol–water partition coefficient (Wildman–Crippen LogP) is 2.37. The molecule has 1 aliphatic rings. The second-order valence-corrected chi connectivity index (χ2v) is 4.15. The SMILES string of the molecule is Nc1cc(-c2ccc3c(c2)SCO3)on1. The van der Waals surface area contributed by atoms with E-state index in [2.05, 4.69) is 5.16 Å². The summed E-state index contributed by atoms with van der Waals surface area (Å²) in [6, 6.07) is 7.60. The van der Waals surface area contributed by atoms with Gasteiger partial charge in [-0.2, -0.15) is 0 Å². The minimum atomic E-state index is 0.398. The third-order valence-electron chi connectivity index (χ3n) is 2.19. The van der Waals surface area contributed by atoms with Crippen molar-refractivity contribution in [3.63, 3.8) is 0 Å². The number of fused-ring (bicyclic) bond motifs is 1. The fourth-order valence-electron chi connectivity index (χ4n) is 1.47. The Kier molecular flexibility index (Phi) is 1.85. The molecule has 0 saturated heterocycles. The molecule has 0 fully saturated rings. The fraction of sp³-hybridized carbons (Fsp3) is 0.100. The highest BCUT2D eigenvalue weighted by Gasteiger charge is 2.14. The van der Waals surface area contributed by atoms with Crippen LogP contribution < -0.4 is 10.5 Å². The molecule has 0 unspecified atom stereocenters. The minimum Gasteiger partial charge on any atom is -0.481 e. The number of anilines is 1. The van der Waals surface area contributed by atoms with E-state index in [-0.39, 0.29) is 0 Å². The highest BCUT2D eigenvalue weighted by atomic mass is 32.2. The number of aromatic nitrogens is 1. The van der Waals surface area contributed by atoms with Crippen molar-refractivity contribution < 1.29 is 9.26 Å². The first kappa shape index (κ1) is 8.67. The van der Waals surface area contributed by atoms with Gasteiger partial charge in [-0.25, -0.2) is 0 Å². The quantitative estimate of drug-likeness (QED) is 0.799. The van der Waals surface area contributed by atoms with Gasteiger partial charge < -0.3 is 15.0 Å². The van der Waals surface area contributed by atoms with E-state index >= 15 is 0 Å². The summed E-state index contributed by atoms with van der Waals surface area (Å²) in [6.07, 6.45) is 0. The summed E-state index contributed by atoms with van der Waals surface area (Å²) in [5, 5.41) is 3.65. The Morgan fingerprint density at radius 1 is 1.33 bits per heavy atom. The van der Waals surface area contributed by atoms with E-state index in [0.717, 1.165) is 16.2 Å². The van der Waals surface area contributed by atoms with Crippen LogP contribution in [0.15, 0.2) is 33.7 Å². The lowest BCUT2D eigenvalue weighted by atomic mass is 10.1. The van der Waals surface area contributed by atoms with Crippen LogP contribution in [0.4, 0.5) is 5.82 Å². The zero-order valence-corrected chi connectivity index (χ0v) is 8.58. The summed E-state index contributed by atoms with van der Waals surface area (Å²) < 4.78 is 10.5. The highest BCUT2D eigenvalue weighted by Crippen LogP contribution is 2.38. The average molecular weight is 220 g/mol. The lowest BCUT2D eigenvalue weighted by molar-refractivity contribution is 0.397. The molecular formula is C10H8N2O2S. The smallest absolute Gasteiger partial charge is 0.169 e. The predicted molar refractivity (Wildman–Crippen MR) is 57.7 cm³/mol. The number of rotatable bonds is 1. The number of hydrogen-bond donors (Lipinski definition) is 1. The van der Waals surface area contributed by atoms with Gasteiger partial charge in [0.05, 0.1) is 4.90 Å². The zero-order chi connectivity index (χ0) is 10.3. The van der Waals surface area contributed by atoms with E-state index in [1.54, 1.807) is 17.8 Å². The van der Waals surface area contributed by atoms with E-state index < -0.39 is 0 Å². The Morgan fingerprint density at radius 2 is 2.27 bits per heavy atom. The molecule has 4 nitrogen and oxygen atoms in total. The maximum absolute atomic E-state index is 5.49. The Hall–Kier alpha value is -1.62. The molecule has 2 N–H and O–H groups in total. The van der Waals surface area contributed by atoms with Gasteiger partial charge in [0, 0.05) is 11.6 Å². The highest BCUT2D eigenvalue weighted by molar-refractivity contribution is 7.99. The van der Waals surface area contributed by atoms with Gasteiger partial charge in [0.25, 0.3) is 0 Å². The number of ether oxygens (including phenoxy) is 1. The first-order valence-electron chi connectivity index (χ1n) is 4.45. The molecule has 2 aromatic rings. The first-order valence-corrected chi connectivity index (χ1v) is 5.44. The molecule has 0 saturated carbocycles. The Morgan fingerprint density at radius 3 is 3.07 bits per heavy atom. The number of nitrogen functional groups attached to an aromatic ring is 1. The molecule has 5 heteroatoms. The molecule has 0 bridgehead atoms. The van der Waals surface area contributed by atoms with E-state index in [9.17, 15) is 0 Å². The lowest BCUT2D eigenvalue weighted by Crippen LogP contribution is -1.82. The molecule has 1 aromatic carbocycles. The molecule has 0 atom stereocenters. The van der Waals surface area contributed by atoms with Gasteiger partial charge in [-0.15, -0.1) is 0 Å². The molecule has 0 aliphatic carbocycles. The van der Waals surface area contributed by atoms with E-state index in [1.165, 1.54) is 0 Å². The van der Waals surface area contributed by atoms with Crippen molar-refractivity contribution in [1.29, 1.82) is 0 Å². The van der Waals surface area contributed by atoms with Crippen molar-refractivity contribution in [1.82, 2.24) is 5.16 Å². The third-order valence-corrected chi connectivity index (χ3v) is 3.05. The maximum Gasteiger partial charge on any atom is 0.169 e. The Balaban J connectivity index is 2.06. The van der Waals surface area contributed by atoms with Gasteiger partial charge in [-0.3, -0.25) is 0 Å². The molecule has 0 amide bonds. The standard InChI is InChI=1S/C10H8N2O2S/c11-10-4-8(14-12-10)6-1-2-7-9(3-6)15-5-13-7/h1-4H,5H2,(H2,11,12). The summed E-state index contributed by atoms with van der Waals surface area (Å²) in [5.74, 6) is 2.69. The number of benzene rings is 1. The van der Waals surface area contributed by atoms with Gasteiger partial charge in [0.2, 0.25) is 0 Å². The second-order valence-electron chi connectivity index (χ2n) is 3.18. The van der Waals surface area contributed by atoms with Gasteiger partial charge in [-0.1, -0.05) is 16.9 Å². The molecule has 76 valence electrons. The van der Waals surface area contributed by atoms with Crippen molar-refractivity contribution in [2.45, 2.75) is 4.90 Å². The summed E-state index contributed by atoms with van der Waals surface area (Å²) in [6.45, 7) is 0. The molecule has 1 aromatic heterocycles. The summed E-state index contributed by atoms with van der Waals surface area (Å²) >= 11 is 1.67. The van der Waals surface area contributed by atoms with Crippen LogP contribution in [0.2, 0.25) is 0 Å². The van der Waals surface area contributed by atoms with Crippen LogP contribution in [0.25, 0.3) is 11.3 Å². The summed E-state index contributed by atoms with van der Waals surface area (Å²) in [4.78, 5) is 1.13. The first-order chi connectivity index (χ1) is 7.33. The molecule has 15 heavy (non-hydrogen) atoms. The maximum atomic E-state index is 5.49. The van der Waals surface area contributed by atoms with Gasteiger partial charge in [0.1, 0.15) is 11.7 Å². The molecule has 2 heterocycles. The average Bonchev–Trinajstić information content (AvgIpc) is 2.84. The van der Waals surface area contributed by atoms with E-state index in [1.807, 2.05) is 18.2 Å². The van der Waals surface area contributed by atoms with E-state index in [4.69, 9.17) is 15.0 Å². The molecule has 1 aliphatic heterocycles. The van der Waals surface area contributed by atoms with Gasteiger partial charge >= 0.3 is 0 Å².